The van der Waals surface area contributed by atoms with Gasteiger partial charge >= 0.3 is 0 Å². The van der Waals surface area contributed by atoms with E-state index in [0.717, 1.165) is 43.9 Å². The second kappa shape index (κ2) is 16.0. The number of piperazine rings is 2. The Kier molecular flexibility index (Phi) is 11.9. The quantitative estimate of drug-likeness (QED) is 0.221. The van der Waals surface area contributed by atoms with Gasteiger partial charge in [0.05, 0.1) is 25.5 Å². The number of benzene rings is 2. The highest BCUT2D eigenvalue weighted by atomic mass is 35.5. The monoisotopic (exact) mass is 691 g/mol. The largest absolute Gasteiger partial charge is 0.481 e. The summed E-state index contributed by atoms with van der Waals surface area (Å²) in [6.07, 6.45) is 6.93. The number of carbonyl (C=O) groups excluding carboxylic acids is 1. The number of hydrogen-bond donors (Lipinski definition) is 0. The molecule has 3 aliphatic rings. The first-order valence-electron chi connectivity index (χ1n) is 16.3. The highest BCUT2D eigenvalue weighted by Gasteiger charge is 2.44. The van der Waals surface area contributed by atoms with E-state index in [-0.39, 0.29) is 48.7 Å². The van der Waals surface area contributed by atoms with Gasteiger partial charge in [-0.15, -0.1) is 24.8 Å². The third-order valence-corrected chi connectivity index (χ3v) is 9.39. The average molecular weight is 693 g/mol. The van der Waals surface area contributed by atoms with Gasteiger partial charge in [-0.05, 0) is 30.9 Å². The highest BCUT2D eigenvalue weighted by Crippen LogP contribution is 2.41. The van der Waals surface area contributed by atoms with E-state index < -0.39 is 0 Å². The van der Waals surface area contributed by atoms with E-state index in [2.05, 4.69) is 80.4 Å². The first-order chi connectivity index (χ1) is 22.6. The van der Waals surface area contributed by atoms with Crippen LogP contribution in [0.5, 0.6) is 11.8 Å². The van der Waals surface area contributed by atoms with Crippen molar-refractivity contribution in [2.24, 2.45) is 0 Å². The number of methoxy groups -OCH3 is 1. The lowest BCUT2D eigenvalue weighted by molar-refractivity contribution is -0.0293. The number of halogens is 2. The highest BCUT2D eigenvalue weighted by molar-refractivity contribution is 5.92. The maximum atomic E-state index is 13.5. The molecule has 12 heteroatoms. The van der Waals surface area contributed by atoms with Crippen molar-refractivity contribution in [1.82, 2.24) is 34.6 Å². The molecule has 2 saturated heterocycles. The van der Waals surface area contributed by atoms with Crippen molar-refractivity contribution in [2.75, 3.05) is 46.4 Å². The minimum atomic E-state index is -0.0755. The molecule has 1 aliphatic carbocycles. The Morgan fingerprint density at radius 3 is 2.19 bits per heavy atom. The number of carbonyl (C=O) groups is 1. The van der Waals surface area contributed by atoms with Gasteiger partial charge in [0.25, 0.3) is 5.91 Å². The van der Waals surface area contributed by atoms with Gasteiger partial charge in [-0.1, -0.05) is 60.7 Å². The Morgan fingerprint density at radius 2 is 1.58 bits per heavy atom. The van der Waals surface area contributed by atoms with Crippen molar-refractivity contribution in [3.05, 3.63) is 107 Å². The lowest BCUT2D eigenvalue weighted by Crippen LogP contribution is -2.67. The molecular formula is C36H43Cl2N7O3. The van der Waals surface area contributed by atoms with Gasteiger partial charge in [0.15, 0.2) is 0 Å². The van der Waals surface area contributed by atoms with E-state index in [9.17, 15) is 4.79 Å². The fraction of sp³-hybridized carbons (Fsp3) is 0.417. The third-order valence-electron chi connectivity index (χ3n) is 9.39. The predicted octanol–water partition coefficient (Wildman–Crippen LogP) is 5.24. The van der Waals surface area contributed by atoms with E-state index >= 15 is 0 Å². The maximum Gasteiger partial charge on any atom is 0.274 e. The molecule has 0 spiro atoms. The second-order valence-corrected chi connectivity index (χ2v) is 12.4. The molecule has 4 aromatic rings. The smallest absolute Gasteiger partial charge is 0.274 e. The molecule has 0 radical (unpaired) electrons. The summed E-state index contributed by atoms with van der Waals surface area (Å²) in [5.41, 5.74) is 3.81. The Labute approximate surface area is 294 Å². The van der Waals surface area contributed by atoms with Crippen molar-refractivity contribution in [2.45, 2.75) is 50.2 Å². The van der Waals surface area contributed by atoms with Crippen LogP contribution in [0, 0.1) is 0 Å². The molecule has 1 unspecified atom stereocenters. The summed E-state index contributed by atoms with van der Waals surface area (Å²) in [6, 6.07) is 21.9. The first-order valence-corrected chi connectivity index (χ1v) is 16.3. The van der Waals surface area contributed by atoms with E-state index in [1.807, 2.05) is 11.8 Å². The van der Waals surface area contributed by atoms with Crippen molar-refractivity contribution >= 4 is 30.7 Å². The van der Waals surface area contributed by atoms with Crippen molar-refractivity contribution < 1.29 is 14.3 Å². The number of hydrogen-bond acceptors (Lipinski definition) is 9. The normalized spacial score (nSPS) is 19.5. The molecule has 1 saturated carbocycles. The molecule has 254 valence electrons. The molecular weight excluding hydrogens is 649 g/mol. The Morgan fingerprint density at radius 1 is 0.896 bits per heavy atom. The fourth-order valence-electron chi connectivity index (χ4n) is 7.12. The number of aromatic nitrogens is 4. The number of rotatable bonds is 10. The summed E-state index contributed by atoms with van der Waals surface area (Å²) in [4.78, 5) is 38.8. The molecule has 4 heterocycles. The zero-order valence-electron chi connectivity index (χ0n) is 27.4. The molecule has 0 bridgehead atoms. The summed E-state index contributed by atoms with van der Waals surface area (Å²) in [6.45, 7) is 6.69. The summed E-state index contributed by atoms with van der Waals surface area (Å²) >= 11 is 0. The van der Waals surface area contributed by atoms with Crippen LogP contribution in [-0.4, -0.2) is 99.1 Å². The molecule has 1 amide bonds. The second-order valence-electron chi connectivity index (χ2n) is 12.4. The van der Waals surface area contributed by atoms with Gasteiger partial charge < -0.3 is 14.4 Å². The standard InChI is InChI=1S/C36H41N7O3.2ClH/c1-3-46-35-29(34(45-2)39-33(40-35)27-14-15-27)23-41-21-28-22-42(36(44)30-20-37-16-17-38-30)18-19-43(28)31(24-41)32(25-10-6-4-7-11-25)26-12-8-5-9-13-26;;/h4-13,16-17,20,27-28,31-32H,3,14-15,18-19,21-24H2,1-2H3;2*1H/t28-,31?;;/m1../s1. The van der Waals surface area contributed by atoms with Crippen molar-refractivity contribution in [3.63, 3.8) is 0 Å². The van der Waals surface area contributed by atoms with Crippen LogP contribution in [0.2, 0.25) is 0 Å². The molecule has 2 aromatic carbocycles. The number of amides is 1. The Hall–Kier alpha value is -3.83. The lowest BCUT2D eigenvalue weighted by Gasteiger charge is -2.53. The molecule has 7 rings (SSSR count). The average Bonchev–Trinajstić information content (AvgIpc) is 3.96. The van der Waals surface area contributed by atoms with Crippen LogP contribution in [-0.2, 0) is 6.54 Å². The minimum Gasteiger partial charge on any atom is -0.481 e. The van der Waals surface area contributed by atoms with Crippen LogP contribution in [0.1, 0.15) is 64.6 Å². The molecule has 0 N–H and O–H groups in total. The van der Waals surface area contributed by atoms with Crippen LogP contribution in [0.4, 0.5) is 0 Å². The van der Waals surface area contributed by atoms with E-state index in [1.165, 1.54) is 11.1 Å². The van der Waals surface area contributed by atoms with Crippen LogP contribution in [0.3, 0.4) is 0 Å². The molecule has 2 aromatic heterocycles. The zero-order valence-corrected chi connectivity index (χ0v) is 29.0. The summed E-state index contributed by atoms with van der Waals surface area (Å²) in [7, 11) is 1.68. The van der Waals surface area contributed by atoms with Crippen LogP contribution in [0.15, 0.2) is 79.3 Å². The number of ether oxygens (including phenoxy) is 2. The minimum absolute atomic E-state index is 0. The van der Waals surface area contributed by atoms with Gasteiger partial charge in [-0.3, -0.25) is 19.6 Å². The number of nitrogens with zero attached hydrogens (tertiary/aromatic N) is 7. The molecule has 48 heavy (non-hydrogen) atoms. The van der Waals surface area contributed by atoms with Crippen LogP contribution in [0.25, 0.3) is 0 Å². The molecule has 3 fully saturated rings. The van der Waals surface area contributed by atoms with E-state index in [1.54, 1.807) is 25.7 Å². The van der Waals surface area contributed by atoms with E-state index in [4.69, 9.17) is 19.4 Å². The zero-order chi connectivity index (χ0) is 31.5. The van der Waals surface area contributed by atoms with Gasteiger partial charge in [0, 0.05) is 75.6 Å². The van der Waals surface area contributed by atoms with Gasteiger partial charge in [-0.25, -0.2) is 4.98 Å². The van der Waals surface area contributed by atoms with Crippen LogP contribution >= 0.6 is 24.8 Å². The summed E-state index contributed by atoms with van der Waals surface area (Å²) in [5, 5.41) is 0. The molecule has 2 aliphatic heterocycles. The third kappa shape index (κ3) is 7.57. The summed E-state index contributed by atoms with van der Waals surface area (Å²) < 4.78 is 12.0. The molecule has 2 atom stereocenters. The first kappa shape index (κ1) is 35.5. The van der Waals surface area contributed by atoms with Gasteiger partial charge in [0.2, 0.25) is 11.8 Å². The van der Waals surface area contributed by atoms with Gasteiger partial charge in [0.1, 0.15) is 11.5 Å². The predicted molar refractivity (Wildman–Crippen MR) is 188 cm³/mol. The topological polar surface area (TPSA) is 96.8 Å². The maximum absolute atomic E-state index is 13.5. The lowest BCUT2D eigenvalue weighted by atomic mass is 9.81. The summed E-state index contributed by atoms with van der Waals surface area (Å²) in [5.74, 6) is 2.45. The molecule has 10 nitrogen and oxygen atoms in total. The van der Waals surface area contributed by atoms with Crippen LogP contribution < -0.4 is 9.47 Å². The van der Waals surface area contributed by atoms with E-state index in [0.29, 0.717) is 49.6 Å². The van der Waals surface area contributed by atoms with Crippen molar-refractivity contribution in [1.29, 1.82) is 0 Å². The SMILES string of the molecule is CCOc1nc(C2CC2)nc(OC)c1CN1CC(C(c2ccccc2)c2ccccc2)N2CCN(C(=O)c3cnccn3)C[C@H]2C1.Cl.Cl. The fourth-order valence-corrected chi connectivity index (χ4v) is 7.12. The van der Waals surface area contributed by atoms with Gasteiger partial charge in [-0.2, -0.15) is 9.97 Å². The van der Waals surface area contributed by atoms with Crippen molar-refractivity contribution in [3.8, 4) is 11.8 Å². The Balaban J connectivity index is 0.00000225. The Bertz CT molecular complexity index is 1590. The number of fused-ring (bicyclic) bond motifs is 1.